The molecule has 1 nitrogen and oxygen atoms in total. The van der Waals surface area contributed by atoms with E-state index in [-0.39, 0.29) is 0 Å². The largest absolute Gasteiger partial charge is 0.385 e. The van der Waals surface area contributed by atoms with Gasteiger partial charge in [0.05, 0.1) is 0 Å². The first-order chi connectivity index (χ1) is 11.2. The van der Waals surface area contributed by atoms with Crippen molar-refractivity contribution in [3.63, 3.8) is 0 Å². The highest BCUT2D eigenvalue weighted by molar-refractivity contribution is 5.82. The maximum Gasteiger partial charge on any atom is 0.0378 e. The molecule has 0 bridgehead atoms. The number of benzene rings is 2. The summed E-state index contributed by atoms with van der Waals surface area (Å²) in [7, 11) is 0. The molecule has 1 heteroatoms. The summed E-state index contributed by atoms with van der Waals surface area (Å²) in [5.41, 5.74) is 7.96. The van der Waals surface area contributed by atoms with E-state index < -0.39 is 0 Å². The zero-order valence-electron chi connectivity index (χ0n) is 14.9. The molecule has 122 valence electrons. The van der Waals surface area contributed by atoms with E-state index >= 15 is 0 Å². The first-order valence-corrected chi connectivity index (χ1v) is 8.76. The van der Waals surface area contributed by atoms with E-state index in [1.54, 1.807) is 0 Å². The molecule has 0 aliphatic carbocycles. The van der Waals surface area contributed by atoms with E-state index in [0.29, 0.717) is 0 Å². The molecule has 1 N–H and O–H groups in total. The maximum absolute atomic E-state index is 3.52. The molecular formula is C22H29N. The molecule has 2 aromatic carbocycles. The van der Waals surface area contributed by atoms with Crippen LogP contribution in [0.4, 0.5) is 5.69 Å². The number of nitrogens with one attached hydrogen (secondary N) is 1. The highest BCUT2D eigenvalue weighted by Crippen LogP contribution is 2.27. The lowest BCUT2D eigenvalue weighted by atomic mass is 9.96. The van der Waals surface area contributed by atoms with Crippen molar-refractivity contribution in [1.29, 1.82) is 0 Å². The molecule has 0 radical (unpaired) electrons. The van der Waals surface area contributed by atoms with Crippen LogP contribution in [-0.4, -0.2) is 6.54 Å². The fourth-order valence-electron chi connectivity index (χ4n) is 2.87. The summed E-state index contributed by atoms with van der Waals surface area (Å²) in [5, 5.41) is 3.52. The lowest BCUT2D eigenvalue weighted by molar-refractivity contribution is 0.795. The predicted molar refractivity (Wildman–Crippen MR) is 104 cm³/mol. The lowest BCUT2D eigenvalue weighted by Crippen LogP contribution is -2.02. The molecule has 0 aromatic heterocycles. The molecule has 2 aromatic rings. The molecule has 0 amide bonds. The molecule has 0 unspecified atom stereocenters. The monoisotopic (exact) mass is 307 g/mol. The van der Waals surface area contributed by atoms with Gasteiger partial charge in [0.15, 0.2) is 0 Å². The van der Waals surface area contributed by atoms with E-state index in [4.69, 9.17) is 0 Å². The van der Waals surface area contributed by atoms with Gasteiger partial charge in [0, 0.05) is 12.2 Å². The van der Waals surface area contributed by atoms with E-state index in [2.05, 4.69) is 81.6 Å². The van der Waals surface area contributed by atoms with Crippen molar-refractivity contribution in [2.75, 3.05) is 11.9 Å². The summed E-state index contributed by atoms with van der Waals surface area (Å²) in [4.78, 5) is 0. The SMILES string of the molecule is CCCCc1cc(/C=C(\C)c2ccccc2)c(C)c(NCC)c1. The van der Waals surface area contributed by atoms with Crippen LogP contribution in [0.2, 0.25) is 0 Å². The number of hydrogen-bond donors (Lipinski definition) is 1. The minimum Gasteiger partial charge on any atom is -0.385 e. The van der Waals surface area contributed by atoms with Crippen LogP contribution in [0.5, 0.6) is 0 Å². The van der Waals surface area contributed by atoms with Gasteiger partial charge in [0.25, 0.3) is 0 Å². The zero-order chi connectivity index (χ0) is 16.7. The molecule has 0 aliphatic rings. The Labute approximate surface area is 141 Å². The fraction of sp³-hybridized carbons (Fsp3) is 0.364. The van der Waals surface area contributed by atoms with Crippen LogP contribution in [0, 0.1) is 6.92 Å². The normalized spacial score (nSPS) is 11.6. The molecule has 0 saturated carbocycles. The topological polar surface area (TPSA) is 12.0 Å². The third-order valence-electron chi connectivity index (χ3n) is 4.30. The number of anilines is 1. The second kappa shape index (κ2) is 8.57. The van der Waals surface area contributed by atoms with Gasteiger partial charge in [-0.05, 0) is 67.5 Å². The molecule has 0 heterocycles. The number of aryl methyl sites for hydroxylation is 1. The summed E-state index contributed by atoms with van der Waals surface area (Å²) < 4.78 is 0. The van der Waals surface area contributed by atoms with Gasteiger partial charge < -0.3 is 5.32 Å². The minimum absolute atomic E-state index is 0.957. The van der Waals surface area contributed by atoms with Gasteiger partial charge in [-0.25, -0.2) is 0 Å². The quantitative estimate of drug-likeness (QED) is 0.589. The van der Waals surface area contributed by atoms with Gasteiger partial charge in [0.1, 0.15) is 0 Å². The predicted octanol–water partition coefficient (Wildman–Crippen LogP) is 6.33. The standard InChI is InChI=1S/C22H29N/c1-5-7-11-19-15-21(18(4)22(16-19)23-6-2)14-17(3)20-12-9-8-10-13-20/h8-10,12-16,23H,5-7,11H2,1-4H3/b17-14+. The highest BCUT2D eigenvalue weighted by Gasteiger charge is 2.06. The van der Waals surface area contributed by atoms with Crippen molar-refractivity contribution in [2.45, 2.75) is 47.0 Å². The molecule has 0 spiro atoms. The van der Waals surface area contributed by atoms with Gasteiger partial charge in [-0.15, -0.1) is 0 Å². The van der Waals surface area contributed by atoms with Gasteiger partial charge in [-0.2, -0.15) is 0 Å². The molecule has 2 rings (SSSR count). The molecule has 0 aliphatic heterocycles. The third kappa shape index (κ3) is 4.72. The third-order valence-corrected chi connectivity index (χ3v) is 4.30. The maximum atomic E-state index is 3.52. The average Bonchev–Trinajstić information content (AvgIpc) is 2.57. The summed E-state index contributed by atoms with van der Waals surface area (Å²) >= 11 is 0. The number of hydrogen-bond acceptors (Lipinski definition) is 1. The summed E-state index contributed by atoms with van der Waals surface area (Å²) in [6.45, 7) is 9.77. The van der Waals surface area contributed by atoms with Crippen molar-refractivity contribution in [3.8, 4) is 0 Å². The van der Waals surface area contributed by atoms with E-state index in [0.717, 1.165) is 13.0 Å². The smallest absolute Gasteiger partial charge is 0.0378 e. The molecule has 23 heavy (non-hydrogen) atoms. The Bertz CT molecular complexity index is 653. The van der Waals surface area contributed by atoms with Crippen LogP contribution >= 0.6 is 0 Å². The summed E-state index contributed by atoms with van der Waals surface area (Å²) in [6.07, 6.45) is 5.95. The van der Waals surface area contributed by atoms with Gasteiger partial charge in [-0.1, -0.05) is 55.8 Å². The Balaban J connectivity index is 2.41. The highest BCUT2D eigenvalue weighted by atomic mass is 14.9. The first kappa shape index (κ1) is 17.3. The Morgan fingerprint density at radius 2 is 1.83 bits per heavy atom. The van der Waals surface area contributed by atoms with Crippen molar-refractivity contribution in [2.24, 2.45) is 0 Å². The first-order valence-electron chi connectivity index (χ1n) is 8.76. The fourth-order valence-corrected chi connectivity index (χ4v) is 2.87. The molecule has 0 saturated heterocycles. The Morgan fingerprint density at radius 3 is 2.48 bits per heavy atom. The van der Waals surface area contributed by atoms with Crippen LogP contribution in [0.25, 0.3) is 11.6 Å². The van der Waals surface area contributed by atoms with E-state index in [1.165, 1.54) is 46.4 Å². The van der Waals surface area contributed by atoms with Crippen LogP contribution in [0.3, 0.4) is 0 Å². The average molecular weight is 307 g/mol. The number of allylic oxidation sites excluding steroid dienone is 1. The van der Waals surface area contributed by atoms with Crippen LogP contribution < -0.4 is 5.32 Å². The Kier molecular flexibility index (Phi) is 6.46. The van der Waals surface area contributed by atoms with E-state index in [9.17, 15) is 0 Å². The second-order valence-corrected chi connectivity index (χ2v) is 6.18. The lowest BCUT2D eigenvalue weighted by Gasteiger charge is -2.14. The van der Waals surface area contributed by atoms with Crippen molar-refractivity contribution >= 4 is 17.3 Å². The second-order valence-electron chi connectivity index (χ2n) is 6.18. The molecular weight excluding hydrogens is 278 g/mol. The van der Waals surface area contributed by atoms with Crippen LogP contribution in [-0.2, 0) is 6.42 Å². The van der Waals surface area contributed by atoms with Gasteiger partial charge in [-0.3, -0.25) is 0 Å². The zero-order valence-corrected chi connectivity index (χ0v) is 14.9. The Hall–Kier alpha value is -2.02. The van der Waals surface area contributed by atoms with Crippen LogP contribution in [0.1, 0.15) is 55.9 Å². The minimum atomic E-state index is 0.957. The van der Waals surface area contributed by atoms with E-state index in [1.807, 2.05) is 0 Å². The van der Waals surface area contributed by atoms with Crippen molar-refractivity contribution in [1.82, 2.24) is 0 Å². The summed E-state index contributed by atoms with van der Waals surface area (Å²) in [6, 6.07) is 15.3. The Morgan fingerprint density at radius 1 is 1.09 bits per heavy atom. The van der Waals surface area contributed by atoms with Crippen molar-refractivity contribution in [3.05, 3.63) is 64.7 Å². The van der Waals surface area contributed by atoms with Gasteiger partial charge in [0.2, 0.25) is 0 Å². The summed E-state index contributed by atoms with van der Waals surface area (Å²) in [5.74, 6) is 0. The molecule has 0 atom stereocenters. The number of unbranched alkanes of at least 4 members (excludes halogenated alkanes) is 1. The van der Waals surface area contributed by atoms with Crippen LogP contribution in [0.15, 0.2) is 42.5 Å². The van der Waals surface area contributed by atoms with Gasteiger partial charge >= 0.3 is 0 Å². The number of rotatable bonds is 7. The van der Waals surface area contributed by atoms with Crippen molar-refractivity contribution < 1.29 is 0 Å². The molecule has 0 fully saturated rings.